The molecule has 6 heteroatoms. The van der Waals surface area contributed by atoms with E-state index in [4.69, 9.17) is 4.42 Å². The van der Waals surface area contributed by atoms with Crippen LogP contribution in [0.4, 0.5) is 10.4 Å². The molecule has 0 aromatic carbocycles. The molecule has 1 aromatic rings. The second kappa shape index (κ2) is 9.65. The summed E-state index contributed by atoms with van der Waals surface area (Å²) in [6.07, 6.45) is 8.88. The van der Waals surface area contributed by atoms with Crippen LogP contribution in [-0.4, -0.2) is 16.1 Å². The number of unbranched alkanes of at least 4 members (excludes halogenated alkanes) is 3. The number of hydrogen-bond donors (Lipinski definition) is 1. The van der Waals surface area contributed by atoms with Crippen molar-refractivity contribution in [2.24, 2.45) is 0 Å². The van der Waals surface area contributed by atoms with Crippen LogP contribution >= 0.6 is 0 Å². The van der Waals surface area contributed by atoms with Gasteiger partial charge < -0.3 is 4.42 Å². The quantitative estimate of drug-likeness (QED) is 0.423. The maximum Gasteiger partial charge on any atom is 0.322 e. The summed E-state index contributed by atoms with van der Waals surface area (Å²) in [5.41, 5.74) is -0.0294. The Hall–Kier alpha value is -2.24. The lowest BCUT2D eigenvalue weighted by Gasteiger charge is -1.99. The molecule has 1 N–H and O–H groups in total. The van der Waals surface area contributed by atoms with Gasteiger partial charge in [-0.2, -0.15) is 0 Å². The summed E-state index contributed by atoms with van der Waals surface area (Å²) < 4.78 is 18.6. The Morgan fingerprint density at radius 2 is 2.14 bits per heavy atom. The van der Waals surface area contributed by atoms with Gasteiger partial charge in [-0.25, -0.2) is 4.39 Å². The normalized spacial score (nSPS) is 11.9. The number of aromatic nitrogens is 2. The third-order valence-electron chi connectivity index (χ3n) is 2.86. The average Bonchev–Trinajstić information content (AvgIpc) is 2.91. The maximum absolute atomic E-state index is 13.2. The zero-order chi connectivity index (χ0) is 16.4. The lowest BCUT2D eigenvalue weighted by atomic mass is 10.2. The lowest BCUT2D eigenvalue weighted by molar-refractivity contribution is -0.112. The zero-order valence-electron chi connectivity index (χ0n) is 13.1. The van der Waals surface area contributed by atoms with Crippen LogP contribution in [0.15, 0.2) is 40.6 Å². The van der Waals surface area contributed by atoms with Crippen molar-refractivity contribution >= 4 is 11.9 Å². The smallest absolute Gasteiger partial charge is 0.322 e. The molecular weight excluding hydrogens is 285 g/mol. The van der Waals surface area contributed by atoms with E-state index in [0.29, 0.717) is 12.3 Å². The number of rotatable bonds is 9. The predicted octanol–water partition coefficient (Wildman–Crippen LogP) is 4.12. The third kappa shape index (κ3) is 6.47. The van der Waals surface area contributed by atoms with Crippen LogP contribution in [0.1, 0.15) is 45.4 Å². The molecule has 0 saturated carbocycles. The van der Waals surface area contributed by atoms with Crippen molar-refractivity contribution in [3.8, 4) is 0 Å². The van der Waals surface area contributed by atoms with Gasteiger partial charge in [0.15, 0.2) is 0 Å². The van der Waals surface area contributed by atoms with Crippen LogP contribution < -0.4 is 5.32 Å². The topological polar surface area (TPSA) is 68.0 Å². The first kappa shape index (κ1) is 17.8. The van der Waals surface area contributed by atoms with E-state index in [1.54, 1.807) is 6.92 Å². The Morgan fingerprint density at radius 1 is 1.36 bits per heavy atom. The van der Waals surface area contributed by atoms with Crippen molar-refractivity contribution in [2.45, 2.75) is 46.0 Å². The number of anilines is 1. The Morgan fingerprint density at radius 3 is 2.82 bits per heavy atom. The second-order valence-corrected chi connectivity index (χ2v) is 4.82. The van der Waals surface area contributed by atoms with Crippen LogP contribution in [0.2, 0.25) is 0 Å². The molecule has 0 saturated heterocycles. The molecule has 0 radical (unpaired) electrons. The number of nitrogens with zero attached hydrogens (tertiary/aromatic N) is 2. The summed E-state index contributed by atoms with van der Waals surface area (Å²) in [4.78, 5) is 11.8. The Kier molecular flexibility index (Phi) is 7.81. The summed E-state index contributed by atoms with van der Waals surface area (Å²) >= 11 is 0. The molecule has 0 aliphatic heterocycles. The summed E-state index contributed by atoms with van der Waals surface area (Å²) in [7, 11) is 0. The molecule has 0 aliphatic carbocycles. The summed E-state index contributed by atoms with van der Waals surface area (Å²) in [6, 6.07) is -0.00326. The first-order valence-corrected chi connectivity index (χ1v) is 7.39. The van der Waals surface area contributed by atoms with Crippen molar-refractivity contribution in [1.29, 1.82) is 0 Å². The van der Waals surface area contributed by atoms with Gasteiger partial charge >= 0.3 is 6.01 Å². The minimum Gasteiger partial charge on any atom is -0.408 e. The van der Waals surface area contributed by atoms with E-state index in [0.717, 1.165) is 25.3 Å². The third-order valence-corrected chi connectivity index (χ3v) is 2.86. The molecule has 0 fully saturated rings. The number of allylic oxidation sites excluding steroid dienone is 3. The van der Waals surface area contributed by atoms with Crippen molar-refractivity contribution < 1.29 is 13.6 Å². The summed E-state index contributed by atoms with van der Waals surface area (Å²) in [6.45, 7) is 7.31. The van der Waals surface area contributed by atoms with Gasteiger partial charge in [-0.05, 0) is 25.5 Å². The molecule has 0 bridgehead atoms. The highest BCUT2D eigenvalue weighted by Gasteiger charge is 2.11. The molecule has 1 heterocycles. The minimum absolute atomic E-state index is 0.00326. The average molecular weight is 307 g/mol. The fourth-order valence-electron chi connectivity index (χ4n) is 1.72. The van der Waals surface area contributed by atoms with Gasteiger partial charge in [0.1, 0.15) is 5.83 Å². The number of halogens is 1. The van der Waals surface area contributed by atoms with Crippen molar-refractivity contribution in [3.05, 3.63) is 42.1 Å². The van der Waals surface area contributed by atoms with E-state index in [2.05, 4.69) is 29.0 Å². The van der Waals surface area contributed by atoms with E-state index < -0.39 is 11.7 Å². The largest absolute Gasteiger partial charge is 0.408 e. The van der Waals surface area contributed by atoms with Gasteiger partial charge in [-0.15, -0.1) is 5.10 Å². The fraction of sp³-hybridized carbons (Fsp3) is 0.438. The Labute approximate surface area is 130 Å². The van der Waals surface area contributed by atoms with Crippen LogP contribution in [0.25, 0.3) is 0 Å². The van der Waals surface area contributed by atoms with Gasteiger partial charge in [0.25, 0.3) is 5.91 Å². The molecule has 0 unspecified atom stereocenters. The van der Waals surface area contributed by atoms with Crippen LogP contribution in [0, 0.1) is 0 Å². The molecule has 0 atom stereocenters. The van der Waals surface area contributed by atoms with E-state index in [-0.39, 0.29) is 11.6 Å². The number of amides is 1. The summed E-state index contributed by atoms with van der Waals surface area (Å²) in [5.74, 6) is -0.654. The molecule has 0 spiro atoms. The van der Waals surface area contributed by atoms with E-state index in [1.165, 1.54) is 18.6 Å². The molecule has 0 aliphatic rings. The maximum atomic E-state index is 13.2. The number of nitrogens with one attached hydrogen (secondary N) is 1. The number of carbonyl (C=O) groups excluding carboxylic acids is 1. The fourth-order valence-corrected chi connectivity index (χ4v) is 1.72. The molecule has 1 aromatic heterocycles. The van der Waals surface area contributed by atoms with Crippen LogP contribution in [0.5, 0.6) is 0 Å². The minimum atomic E-state index is -0.583. The van der Waals surface area contributed by atoms with Crippen molar-refractivity contribution in [2.75, 3.05) is 5.32 Å². The zero-order valence-corrected chi connectivity index (χ0v) is 13.1. The van der Waals surface area contributed by atoms with E-state index >= 15 is 0 Å². The Bertz CT molecular complexity index is 561. The molecular formula is C16H22FN3O2. The highest BCUT2D eigenvalue weighted by Crippen LogP contribution is 2.12. The number of hydrogen-bond acceptors (Lipinski definition) is 4. The standard InChI is InChI=1S/C16H22FN3O2/c1-4-6-7-8-10-14-19-20-16(22-14)18-15(21)12(3)11-13(17)9-5-2/h5,9,11H,3-4,6-8,10H2,1-2H3,(H,18,20,21)/b9-5-,13-11+. The first-order chi connectivity index (χ1) is 10.6. The predicted molar refractivity (Wildman–Crippen MR) is 83.9 cm³/mol. The van der Waals surface area contributed by atoms with E-state index in [1.807, 2.05) is 0 Å². The first-order valence-electron chi connectivity index (χ1n) is 7.39. The number of carbonyl (C=O) groups is 1. The Balaban J connectivity index is 2.49. The van der Waals surface area contributed by atoms with Gasteiger partial charge in [-0.1, -0.05) is 43.9 Å². The molecule has 1 amide bonds. The highest BCUT2D eigenvalue weighted by atomic mass is 19.1. The molecule has 1 rings (SSSR count). The van der Waals surface area contributed by atoms with Gasteiger partial charge in [0.05, 0.1) is 0 Å². The van der Waals surface area contributed by atoms with Crippen molar-refractivity contribution in [1.82, 2.24) is 10.2 Å². The van der Waals surface area contributed by atoms with Gasteiger partial charge in [-0.3, -0.25) is 10.1 Å². The molecule has 120 valence electrons. The summed E-state index contributed by atoms with van der Waals surface area (Å²) in [5, 5.41) is 9.99. The van der Waals surface area contributed by atoms with Crippen molar-refractivity contribution in [3.63, 3.8) is 0 Å². The second-order valence-electron chi connectivity index (χ2n) is 4.82. The molecule has 22 heavy (non-hydrogen) atoms. The van der Waals surface area contributed by atoms with E-state index in [9.17, 15) is 9.18 Å². The van der Waals surface area contributed by atoms with Crippen LogP contribution in [0.3, 0.4) is 0 Å². The lowest BCUT2D eigenvalue weighted by Crippen LogP contribution is -2.12. The highest BCUT2D eigenvalue weighted by molar-refractivity contribution is 6.04. The number of aryl methyl sites for hydroxylation is 1. The van der Waals surface area contributed by atoms with Crippen LogP contribution in [-0.2, 0) is 11.2 Å². The molecule has 5 nitrogen and oxygen atoms in total. The van der Waals surface area contributed by atoms with Gasteiger partial charge in [0, 0.05) is 12.0 Å². The van der Waals surface area contributed by atoms with Gasteiger partial charge in [0.2, 0.25) is 5.89 Å². The SMILES string of the molecule is C=C(/C=C(F)\C=C/C)C(=O)Nc1nnc(CCCCCC)o1. The monoisotopic (exact) mass is 307 g/mol.